The van der Waals surface area contributed by atoms with Crippen LogP contribution in [0, 0.1) is 17.8 Å². The molecule has 3 N–H and O–H groups in total. The molecule has 94 heavy (non-hydrogen) atoms. The van der Waals surface area contributed by atoms with Crippen LogP contribution >= 0.6 is 15.6 Å². The molecule has 0 aromatic carbocycles. The number of aliphatic hydroxyl groups is 1. The van der Waals surface area contributed by atoms with E-state index < -0.39 is 97.5 Å². The van der Waals surface area contributed by atoms with E-state index in [-0.39, 0.29) is 25.7 Å². The molecule has 558 valence electrons. The number of esters is 4. The normalized spacial score (nSPS) is 14.7. The van der Waals surface area contributed by atoms with Crippen LogP contribution in [0.4, 0.5) is 0 Å². The summed E-state index contributed by atoms with van der Waals surface area (Å²) in [7, 11) is -9.91. The summed E-state index contributed by atoms with van der Waals surface area (Å²) in [5, 5.41) is 10.6. The van der Waals surface area contributed by atoms with E-state index in [2.05, 4.69) is 48.5 Å². The summed E-state index contributed by atoms with van der Waals surface area (Å²) in [6.45, 7) is 11.9. The van der Waals surface area contributed by atoms with E-state index >= 15 is 0 Å². The number of rotatable bonds is 73. The number of carbonyl (C=O) groups is 4. The molecule has 0 aromatic heterocycles. The lowest BCUT2D eigenvalue weighted by atomic mass is 9.99. The van der Waals surface area contributed by atoms with Gasteiger partial charge in [-0.05, 0) is 43.4 Å². The minimum Gasteiger partial charge on any atom is -0.462 e. The third kappa shape index (κ3) is 66.0. The van der Waals surface area contributed by atoms with Crippen LogP contribution in [0.15, 0.2) is 0 Å². The van der Waals surface area contributed by atoms with Crippen LogP contribution in [0.3, 0.4) is 0 Å². The second-order valence-electron chi connectivity index (χ2n) is 28.0. The Morgan fingerprint density at radius 2 is 0.543 bits per heavy atom. The van der Waals surface area contributed by atoms with Gasteiger partial charge in [-0.2, -0.15) is 0 Å². The van der Waals surface area contributed by atoms with Crippen molar-refractivity contribution >= 4 is 39.5 Å². The predicted molar refractivity (Wildman–Crippen MR) is 381 cm³/mol. The average Bonchev–Trinajstić information content (AvgIpc) is 1.63. The fourth-order valence-corrected chi connectivity index (χ4v) is 12.9. The SMILES string of the molecule is CCCCCCCCCCCCCCC(=O)O[C@H](COC(=O)CCCCCCCCCC(C)C)COP(=O)(O)OC[C@H](O)COP(=O)(O)OC[C@@H](COC(=O)CCCCCCCCCCCCC(C)CC)OC(=O)CCCCCCCCCCCCCCCCC(C)CC. The van der Waals surface area contributed by atoms with Gasteiger partial charge in [-0.3, -0.25) is 37.3 Å². The molecule has 0 rings (SSSR count). The molecule has 0 fully saturated rings. The third-order valence-electron chi connectivity index (χ3n) is 18.1. The zero-order valence-corrected chi connectivity index (χ0v) is 63.2. The minimum atomic E-state index is -4.96. The van der Waals surface area contributed by atoms with Gasteiger partial charge in [-0.25, -0.2) is 9.13 Å². The first-order chi connectivity index (χ1) is 45.3. The number of aliphatic hydroxyl groups excluding tert-OH is 1. The maximum atomic E-state index is 13.1. The van der Waals surface area contributed by atoms with Crippen LogP contribution in [0.1, 0.15) is 382 Å². The van der Waals surface area contributed by atoms with E-state index in [9.17, 15) is 43.2 Å². The Labute approximate surface area is 575 Å². The molecule has 0 aromatic rings. The van der Waals surface area contributed by atoms with Crippen molar-refractivity contribution in [1.29, 1.82) is 0 Å². The van der Waals surface area contributed by atoms with E-state index in [1.807, 2.05) is 0 Å². The van der Waals surface area contributed by atoms with Gasteiger partial charge in [0, 0.05) is 25.7 Å². The van der Waals surface area contributed by atoms with E-state index in [0.29, 0.717) is 31.6 Å². The van der Waals surface area contributed by atoms with Gasteiger partial charge < -0.3 is 33.8 Å². The van der Waals surface area contributed by atoms with Gasteiger partial charge in [0.15, 0.2) is 12.2 Å². The summed E-state index contributed by atoms with van der Waals surface area (Å²) < 4.78 is 68.5. The number of carbonyl (C=O) groups excluding carboxylic acids is 4. The lowest BCUT2D eigenvalue weighted by Crippen LogP contribution is -2.30. The zero-order valence-electron chi connectivity index (χ0n) is 61.4. The molecule has 0 bridgehead atoms. The summed E-state index contributed by atoms with van der Waals surface area (Å²) in [5.41, 5.74) is 0. The van der Waals surface area contributed by atoms with E-state index in [4.69, 9.17) is 37.0 Å². The molecule has 0 aliphatic carbocycles. The van der Waals surface area contributed by atoms with Crippen molar-refractivity contribution in [2.45, 2.75) is 401 Å². The quantitative estimate of drug-likeness (QED) is 0.0222. The Morgan fingerprint density at radius 1 is 0.309 bits per heavy atom. The van der Waals surface area contributed by atoms with Crippen LogP contribution in [0.2, 0.25) is 0 Å². The fraction of sp³-hybridized carbons (Fsp3) is 0.947. The molecule has 19 heteroatoms. The number of hydrogen-bond donors (Lipinski definition) is 3. The first kappa shape index (κ1) is 92.1. The second kappa shape index (κ2) is 65.7. The number of phosphoric ester groups is 2. The number of ether oxygens (including phenoxy) is 4. The lowest BCUT2D eigenvalue weighted by Gasteiger charge is -2.21. The van der Waals surface area contributed by atoms with Crippen LogP contribution in [-0.2, 0) is 65.4 Å². The zero-order chi connectivity index (χ0) is 69.4. The van der Waals surface area contributed by atoms with Crippen LogP contribution in [0.25, 0.3) is 0 Å². The molecule has 0 saturated carbocycles. The Balaban J connectivity index is 5.25. The molecule has 0 aliphatic heterocycles. The molecular weight excluding hydrogens is 1230 g/mol. The number of phosphoric acid groups is 2. The highest BCUT2D eigenvalue weighted by atomic mass is 31.2. The highest BCUT2D eigenvalue weighted by molar-refractivity contribution is 7.47. The van der Waals surface area contributed by atoms with Crippen LogP contribution in [-0.4, -0.2) is 96.7 Å². The second-order valence-corrected chi connectivity index (χ2v) is 30.9. The standard InChI is InChI=1S/C75H146O17P2/c1-8-11-12-13-14-15-16-22-29-36-44-51-58-74(79)92-71(63-86-73(78)57-50-43-38-31-32-39-46-53-66(4)5)65-90-94(83,84)88-61-69(76)60-87-93(81,82)89-64-70(62-85-72(77)56-49-42-35-28-25-24-27-34-41-48-55-68(7)10-3)91-75(80)59-52-45-37-30-23-20-18-17-19-21-26-33-40-47-54-67(6)9-2/h66-71,76H,8-65H2,1-7H3,(H,81,82)(H,83,84)/t67?,68?,69-,70-,71-/m1/s1. The lowest BCUT2D eigenvalue weighted by molar-refractivity contribution is -0.161. The van der Waals surface area contributed by atoms with Gasteiger partial charge in [0.1, 0.15) is 19.3 Å². The van der Waals surface area contributed by atoms with Gasteiger partial charge in [-0.15, -0.1) is 0 Å². The van der Waals surface area contributed by atoms with Gasteiger partial charge in [0.2, 0.25) is 0 Å². The van der Waals surface area contributed by atoms with Crippen molar-refractivity contribution in [3.8, 4) is 0 Å². The maximum absolute atomic E-state index is 13.1. The smallest absolute Gasteiger partial charge is 0.462 e. The Bertz CT molecular complexity index is 1840. The molecule has 4 unspecified atom stereocenters. The van der Waals surface area contributed by atoms with Crippen molar-refractivity contribution in [3.05, 3.63) is 0 Å². The van der Waals surface area contributed by atoms with Crippen molar-refractivity contribution in [1.82, 2.24) is 0 Å². The third-order valence-corrected chi connectivity index (χ3v) is 20.0. The molecule has 0 spiro atoms. The summed E-state index contributed by atoms with van der Waals surface area (Å²) in [5.74, 6) is 0.242. The topological polar surface area (TPSA) is 237 Å². The van der Waals surface area contributed by atoms with Gasteiger partial charge in [0.25, 0.3) is 0 Å². The van der Waals surface area contributed by atoms with Crippen LogP contribution < -0.4 is 0 Å². The van der Waals surface area contributed by atoms with E-state index in [0.717, 1.165) is 108 Å². The highest BCUT2D eigenvalue weighted by Gasteiger charge is 2.30. The molecule has 17 nitrogen and oxygen atoms in total. The Kier molecular flexibility index (Phi) is 64.3. The summed E-state index contributed by atoms with van der Waals surface area (Å²) >= 11 is 0. The van der Waals surface area contributed by atoms with Crippen molar-refractivity contribution in [3.63, 3.8) is 0 Å². The predicted octanol–water partition coefficient (Wildman–Crippen LogP) is 21.8. The summed E-state index contributed by atoms with van der Waals surface area (Å²) in [6, 6.07) is 0. The molecule has 0 radical (unpaired) electrons. The Hall–Kier alpha value is -1.94. The minimum absolute atomic E-state index is 0.106. The largest absolute Gasteiger partial charge is 0.472 e. The monoisotopic (exact) mass is 1380 g/mol. The maximum Gasteiger partial charge on any atom is 0.472 e. The van der Waals surface area contributed by atoms with Crippen molar-refractivity contribution in [2.75, 3.05) is 39.6 Å². The van der Waals surface area contributed by atoms with Crippen molar-refractivity contribution < 1.29 is 80.2 Å². The molecule has 0 aliphatic rings. The average molecular weight is 1380 g/mol. The van der Waals surface area contributed by atoms with E-state index in [1.165, 1.54) is 186 Å². The fourth-order valence-electron chi connectivity index (χ4n) is 11.4. The molecule has 0 heterocycles. The number of hydrogen-bond acceptors (Lipinski definition) is 15. The molecule has 0 saturated heterocycles. The van der Waals surface area contributed by atoms with Crippen LogP contribution in [0.5, 0.6) is 0 Å². The first-order valence-corrected chi connectivity index (χ1v) is 41.9. The highest BCUT2D eigenvalue weighted by Crippen LogP contribution is 2.45. The summed E-state index contributed by atoms with van der Waals surface area (Å²) in [4.78, 5) is 72.8. The molecule has 7 atom stereocenters. The van der Waals surface area contributed by atoms with Gasteiger partial charge in [-0.1, -0.05) is 331 Å². The molecule has 0 amide bonds. The Morgan fingerprint density at radius 3 is 0.809 bits per heavy atom. The first-order valence-electron chi connectivity index (χ1n) is 38.9. The van der Waals surface area contributed by atoms with E-state index in [1.54, 1.807) is 0 Å². The van der Waals surface area contributed by atoms with Crippen molar-refractivity contribution in [2.24, 2.45) is 17.8 Å². The molecular formula is C75H146O17P2. The summed E-state index contributed by atoms with van der Waals surface area (Å²) in [6.07, 6.45) is 51.2. The number of unbranched alkanes of at least 4 members (excludes halogenated alkanes) is 39. The van der Waals surface area contributed by atoms with Gasteiger partial charge in [0.05, 0.1) is 26.4 Å². The van der Waals surface area contributed by atoms with Gasteiger partial charge >= 0.3 is 39.5 Å².